The van der Waals surface area contributed by atoms with Crippen LogP contribution < -0.4 is 0 Å². The van der Waals surface area contributed by atoms with Crippen LogP contribution in [0.3, 0.4) is 0 Å². The maximum atomic E-state index is 10.9. The molecule has 2 aromatic rings. The van der Waals surface area contributed by atoms with Crippen molar-refractivity contribution in [3.63, 3.8) is 0 Å². The lowest BCUT2D eigenvalue weighted by molar-refractivity contribution is 0.218. The first-order valence-corrected chi connectivity index (χ1v) is 7.72. The van der Waals surface area contributed by atoms with E-state index in [4.69, 9.17) is 0 Å². The minimum absolute atomic E-state index is 0.546. The Morgan fingerprint density at radius 2 is 1.29 bits per heavy atom. The van der Waals surface area contributed by atoms with Crippen molar-refractivity contribution in [2.24, 2.45) is 0 Å². The summed E-state index contributed by atoms with van der Waals surface area (Å²) in [6.07, 6.45) is 0.458. The van der Waals surface area contributed by atoms with E-state index in [9.17, 15) is 5.11 Å². The van der Waals surface area contributed by atoms with Gasteiger partial charge in [-0.2, -0.15) is 0 Å². The molecule has 1 atom stereocenters. The van der Waals surface area contributed by atoms with E-state index in [0.29, 0.717) is 0 Å². The Labute approximate surface area is 128 Å². The summed E-state index contributed by atoms with van der Waals surface area (Å²) in [6.45, 7) is 12.8. The first-order chi connectivity index (χ1) is 9.88. The number of aryl methyl sites for hydroxylation is 2. The summed E-state index contributed by atoms with van der Waals surface area (Å²) in [5.41, 5.74) is 9.68. The molecule has 0 fully saturated rings. The van der Waals surface area contributed by atoms with Gasteiger partial charge in [0, 0.05) is 0 Å². The number of aliphatic hydroxyl groups is 1. The third-order valence-electron chi connectivity index (χ3n) is 4.92. The van der Waals surface area contributed by atoms with E-state index in [-0.39, 0.29) is 0 Å². The van der Waals surface area contributed by atoms with E-state index in [2.05, 4.69) is 65.8 Å². The fraction of sp³-hybridized carbons (Fsp3) is 0.400. The molecule has 0 saturated heterocycles. The van der Waals surface area contributed by atoms with Gasteiger partial charge in [0.1, 0.15) is 6.10 Å². The lowest BCUT2D eigenvalue weighted by atomic mass is 9.87. The molecule has 2 rings (SSSR count). The molecule has 0 aliphatic rings. The zero-order valence-corrected chi connectivity index (χ0v) is 14.0. The number of benzene rings is 2. The molecular weight excluding hydrogens is 256 g/mol. The van der Waals surface area contributed by atoms with Crippen molar-refractivity contribution in [3.05, 3.63) is 68.8 Å². The van der Waals surface area contributed by atoms with Gasteiger partial charge in [-0.05, 0) is 85.5 Å². The van der Waals surface area contributed by atoms with Crippen LogP contribution in [0.25, 0.3) is 0 Å². The van der Waals surface area contributed by atoms with Gasteiger partial charge in [-0.3, -0.25) is 0 Å². The van der Waals surface area contributed by atoms with E-state index in [0.717, 1.165) is 17.5 Å². The summed E-state index contributed by atoms with van der Waals surface area (Å²) in [4.78, 5) is 0. The summed E-state index contributed by atoms with van der Waals surface area (Å²) < 4.78 is 0. The van der Waals surface area contributed by atoms with Crippen LogP contribution in [0.1, 0.15) is 57.5 Å². The average Bonchev–Trinajstić information content (AvgIpc) is 2.45. The zero-order chi connectivity index (χ0) is 15.7. The van der Waals surface area contributed by atoms with Gasteiger partial charge in [-0.25, -0.2) is 0 Å². The summed E-state index contributed by atoms with van der Waals surface area (Å²) >= 11 is 0. The van der Waals surface area contributed by atoms with E-state index in [1.807, 2.05) is 0 Å². The predicted molar refractivity (Wildman–Crippen MR) is 90.0 cm³/mol. The molecule has 1 unspecified atom stereocenters. The highest BCUT2D eigenvalue weighted by Gasteiger charge is 2.18. The molecule has 0 bridgehead atoms. The molecule has 0 heterocycles. The molecule has 0 aromatic heterocycles. The monoisotopic (exact) mass is 282 g/mol. The van der Waals surface area contributed by atoms with Crippen LogP contribution in [0.2, 0.25) is 0 Å². The molecule has 1 nitrogen and oxygen atoms in total. The Bertz CT molecular complexity index is 668. The van der Waals surface area contributed by atoms with Crippen molar-refractivity contribution in [3.8, 4) is 0 Å². The van der Waals surface area contributed by atoms with Crippen LogP contribution in [0.5, 0.6) is 0 Å². The second kappa shape index (κ2) is 6.03. The van der Waals surface area contributed by atoms with Crippen molar-refractivity contribution in [2.75, 3.05) is 0 Å². The fourth-order valence-electron chi connectivity index (χ4n) is 3.19. The van der Waals surface area contributed by atoms with Crippen molar-refractivity contribution < 1.29 is 5.11 Å². The second-order valence-electron chi connectivity index (χ2n) is 6.05. The molecule has 1 N–H and O–H groups in total. The standard InChI is InChI=1S/C20H26O/c1-7-17-13(3)9-11-19(16(17)6)20(21)18-10-8-12(2)14(4)15(18)5/h8-11,20-21H,7H2,1-6H3. The summed E-state index contributed by atoms with van der Waals surface area (Å²) in [5, 5.41) is 10.9. The van der Waals surface area contributed by atoms with Crippen LogP contribution in [0, 0.1) is 34.6 Å². The van der Waals surface area contributed by atoms with Crippen molar-refractivity contribution in [1.82, 2.24) is 0 Å². The Balaban J connectivity index is 2.56. The van der Waals surface area contributed by atoms with Gasteiger partial charge >= 0.3 is 0 Å². The molecule has 1 heteroatoms. The lowest BCUT2D eigenvalue weighted by Crippen LogP contribution is -2.08. The molecule has 0 aliphatic heterocycles. The highest BCUT2D eigenvalue weighted by atomic mass is 16.3. The smallest absolute Gasteiger partial charge is 0.105 e. The van der Waals surface area contributed by atoms with Crippen LogP contribution in [0.4, 0.5) is 0 Å². The van der Waals surface area contributed by atoms with Crippen LogP contribution in [-0.4, -0.2) is 5.11 Å². The first-order valence-electron chi connectivity index (χ1n) is 7.72. The third kappa shape index (κ3) is 2.75. The van der Waals surface area contributed by atoms with Crippen LogP contribution in [-0.2, 0) is 6.42 Å². The molecule has 0 spiro atoms. The van der Waals surface area contributed by atoms with Gasteiger partial charge in [0.2, 0.25) is 0 Å². The summed E-state index contributed by atoms with van der Waals surface area (Å²) in [6, 6.07) is 8.36. The molecule has 0 radical (unpaired) electrons. The Morgan fingerprint density at radius 3 is 1.86 bits per heavy atom. The van der Waals surface area contributed by atoms with E-state index >= 15 is 0 Å². The van der Waals surface area contributed by atoms with Crippen molar-refractivity contribution >= 4 is 0 Å². The molecular formula is C20H26O. The molecule has 2 aromatic carbocycles. The molecule has 0 aliphatic carbocycles. The van der Waals surface area contributed by atoms with Gasteiger partial charge in [0.05, 0.1) is 0 Å². The van der Waals surface area contributed by atoms with Gasteiger partial charge in [0.25, 0.3) is 0 Å². The fourth-order valence-corrected chi connectivity index (χ4v) is 3.19. The number of hydrogen-bond acceptors (Lipinski definition) is 1. The van der Waals surface area contributed by atoms with E-state index in [1.54, 1.807) is 0 Å². The number of hydrogen-bond donors (Lipinski definition) is 1. The molecule has 112 valence electrons. The van der Waals surface area contributed by atoms with E-state index in [1.165, 1.54) is 33.4 Å². The quantitative estimate of drug-likeness (QED) is 0.851. The van der Waals surface area contributed by atoms with Gasteiger partial charge in [-0.1, -0.05) is 31.2 Å². The Hall–Kier alpha value is -1.60. The largest absolute Gasteiger partial charge is 0.384 e. The van der Waals surface area contributed by atoms with E-state index < -0.39 is 6.10 Å². The first kappa shape index (κ1) is 15.8. The number of rotatable bonds is 3. The zero-order valence-electron chi connectivity index (χ0n) is 14.0. The molecule has 0 amide bonds. The highest BCUT2D eigenvalue weighted by molar-refractivity contribution is 5.47. The number of aliphatic hydroxyl groups excluding tert-OH is 1. The summed E-state index contributed by atoms with van der Waals surface area (Å²) in [5.74, 6) is 0. The summed E-state index contributed by atoms with van der Waals surface area (Å²) in [7, 11) is 0. The van der Waals surface area contributed by atoms with Gasteiger partial charge in [-0.15, -0.1) is 0 Å². The second-order valence-corrected chi connectivity index (χ2v) is 6.05. The predicted octanol–water partition coefficient (Wildman–Crippen LogP) is 4.87. The normalized spacial score (nSPS) is 12.5. The minimum atomic E-state index is -0.546. The van der Waals surface area contributed by atoms with Crippen molar-refractivity contribution in [1.29, 1.82) is 0 Å². The Kier molecular flexibility index (Phi) is 4.53. The maximum absolute atomic E-state index is 10.9. The van der Waals surface area contributed by atoms with Gasteiger partial charge in [0.15, 0.2) is 0 Å². The molecule has 0 saturated carbocycles. The topological polar surface area (TPSA) is 20.2 Å². The SMILES string of the molecule is CCc1c(C)ccc(C(O)c2ccc(C)c(C)c2C)c1C. The van der Waals surface area contributed by atoms with Crippen molar-refractivity contribution in [2.45, 2.75) is 54.1 Å². The molecule has 21 heavy (non-hydrogen) atoms. The third-order valence-corrected chi connectivity index (χ3v) is 4.92. The minimum Gasteiger partial charge on any atom is -0.384 e. The Morgan fingerprint density at radius 1 is 0.762 bits per heavy atom. The van der Waals surface area contributed by atoms with Gasteiger partial charge < -0.3 is 5.11 Å². The van der Waals surface area contributed by atoms with Crippen LogP contribution in [0.15, 0.2) is 24.3 Å². The van der Waals surface area contributed by atoms with Crippen LogP contribution >= 0.6 is 0 Å². The maximum Gasteiger partial charge on any atom is 0.105 e. The highest BCUT2D eigenvalue weighted by Crippen LogP contribution is 2.31. The average molecular weight is 282 g/mol. The lowest BCUT2D eigenvalue weighted by Gasteiger charge is -2.21.